The molecule has 0 aliphatic rings. The zero-order valence-electron chi connectivity index (χ0n) is 16.4. The van der Waals surface area contributed by atoms with E-state index in [-0.39, 0.29) is 11.7 Å². The fourth-order valence-electron chi connectivity index (χ4n) is 3.00. The summed E-state index contributed by atoms with van der Waals surface area (Å²) in [6.07, 6.45) is 1.63. The second-order valence-corrected chi connectivity index (χ2v) is 8.04. The number of anilines is 1. The van der Waals surface area contributed by atoms with Gasteiger partial charge in [-0.1, -0.05) is 47.6 Å². The van der Waals surface area contributed by atoms with Gasteiger partial charge in [0, 0.05) is 5.69 Å². The first-order valence-electron chi connectivity index (χ1n) is 9.27. The highest BCUT2D eigenvalue weighted by molar-refractivity contribution is 7.99. The van der Waals surface area contributed by atoms with E-state index in [1.165, 1.54) is 11.8 Å². The topological polar surface area (TPSA) is 73.0 Å². The molecule has 4 aromatic rings. The van der Waals surface area contributed by atoms with Crippen LogP contribution in [0.1, 0.15) is 11.3 Å². The first-order valence-corrected chi connectivity index (χ1v) is 10.6. The Morgan fingerprint density at radius 3 is 2.63 bits per heavy atom. The van der Waals surface area contributed by atoms with E-state index in [4.69, 9.17) is 16.0 Å². The lowest BCUT2D eigenvalue weighted by Crippen LogP contribution is -2.15. The maximum absolute atomic E-state index is 12.5. The first-order chi connectivity index (χ1) is 14.5. The number of carbonyl (C=O) groups is 1. The molecule has 0 aliphatic carbocycles. The van der Waals surface area contributed by atoms with Crippen molar-refractivity contribution in [1.82, 2.24) is 14.8 Å². The van der Waals surface area contributed by atoms with Gasteiger partial charge in [0.15, 0.2) is 11.0 Å². The van der Waals surface area contributed by atoms with Crippen LogP contribution in [0.2, 0.25) is 5.02 Å². The Bertz CT molecular complexity index is 1190. The average Bonchev–Trinajstić information content (AvgIpc) is 3.35. The number of benzene rings is 2. The molecule has 2 aromatic carbocycles. The van der Waals surface area contributed by atoms with E-state index in [2.05, 4.69) is 15.5 Å². The summed E-state index contributed by atoms with van der Waals surface area (Å²) in [6.45, 7) is 3.83. The van der Waals surface area contributed by atoms with Crippen LogP contribution in [0.15, 0.2) is 70.4 Å². The highest BCUT2D eigenvalue weighted by Gasteiger charge is 2.19. The van der Waals surface area contributed by atoms with Gasteiger partial charge < -0.3 is 9.73 Å². The maximum atomic E-state index is 12.5. The van der Waals surface area contributed by atoms with Gasteiger partial charge in [-0.15, -0.1) is 10.2 Å². The van der Waals surface area contributed by atoms with Crippen molar-refractivity contribution in [3.8, 4) is 17.1 Å². The Kier molecular flexibility index (Phi) is 5.92. The Morgan fingerprint density at radius 2 is 1.93 bits per heavy atom. The van der Waals surface area contributed by atoms with Gasteiger partial charge in [0.25, 0.3) is 0 Å². The summed E-state index contributed by atoms with van der Waals surface area (Å²) in [5, 5.41) is 12.7. The third-order valence-corrected chi connectivity index (χ3v) is 5.72. The molecular formula is C22H19ClN4O2S. The van der Waals surface area contributed by atoms with Crippen LogP contribution in [0.5, 0.6) is 0 Å². The van der Waals surface area contributed by atoms with E-state index >= 15 is 0 Å². The lowest BCUT2D eigenvalue weighted by Gasteiger charge is -2.10. The average molecular weight is 439 g/mol. The number of carbonyl (C=O) groups excluding carboxylic acids is 1. The Labute approximate surface area is 183 Å². The second kappa shape index (κ2) is 8.77. The predicted molar refractivity (Wildman–Crippen MR) is 119 cm³/mol. The van der Waals surface area contributed by atoms with Crippen LogP contribution in [-0.2, 0) is 4.79 Å². The number of furan rings is 1. The van der Waals surface area contributed by atoms with E-state index in [0.29, 0.717) is 21.7 Å². The van der Waals surface area contributed by atoms with E-state index in [9.17, 15) is 4.79 Å². The summed E-state index contributed by atoms with van der Waals surface area (Å²) < 4.78 is 7.36. The molecule has 0 bridgehead atoms. The summed E-state index contributed by atoms with van der Waals surface area (Å²) in [7, 11) is 0. The summed E-state index contributed by atoms with van der Waals surface area (Å²) in [6, 6.07) is 17.2. The number of halogens is 1. The van der Waals surface area contributed by atoms with Crippen LogP contribution in [0, 0.1) is 13.8 Å². The normalized spacial score (nSPS) is 10.9. The van der Waals surface area contributed by atoms with Crippen molar-refractivity contribution in [3.05, 3.63) is 77.2 Å². The molecule has 8 heteroatoms. The van der Waals surface area contributed by atoms with Crippen LogP contribution < -0.4 is 5.32 Å². The Hall–Kier alpha value is -3.03. The van der Waals surface area contributed by atoms with Gasteiger partial charge >= 0.3 is 0 Å². The molecule has 0 aliphatic heterocycles. The Morgan fingerprint density at radius 1 is 1.13 bits per heavy atom. The van der Waals surface area contributed by atoms with Crippen LogP contribution in [0.25, 0.3) is 17.1 Å². The number of hydrogen-bond donors (Lipinski definition) is 1. The Balaban J connectivity index is 1.58. The number of hydrogen-bond acceptors (Lipinski definition) is 5. The molecule has 0 saturated carbocycles. The summed E-state index contributed by atoms with van der Waals surface area (Å²) >= 11 is 7.52. The van der Waals surface area contributed by atoms with Gasteiger partial charge in [-0.2, -0.15) is 0 Å². The van der Waals surface area contributed by atoms with Crippen molar-refractivity contribution in [2.75, 3.05) is 11.1 Å². The van der Waals surface area contributed by atoms with E-state index < -0.39 is 0 Å². The van der Waals surface area contributed by atoms with Crippen molar-refractivity contribution >= 4 is 35.0 Å². The number of aryl methyl sites for hydroxylation is 2. The quantitative estimate of drug-likeness (QED) is 0.401. The lowest BCUT2D eigenvalue weighted by molar-refractivity contribution is -0.113. The molecule has 0 saturated heterocycles. The van der Waals surface area contributed by atoms with Gasteiger partial charge in [-0.25, -0.2) is 0 Å². The van der Waals surface area contributed by atoms with Crippen LogP contribution >= 0.6 is 23.4 Å². The molecule has 30 heavy (non-hydrogen) atoms. The molecule has 4 rings (SSSR count). The SMILES string of the molecule is Cc1ccc(NC(=O)CSc2nnc(-c3ccoc3C)n2-c2ccccc2)c(Cl)c1. The van der Waals surface area contributed by atoms with Crippen molar-refractivity contribution in [2.24, 2.45) is 0 Å². The number of aromatic nitrogens is 3. The molecule has 1 N–H and O–H groups in total. The highest BCUT2D eigenvalue weighted by atomic mass is 35.5. The lowest BCUT2D eigenvalue weighted by atomic mass is 10.2. The fourth-order valence-corrected chi connectivity index (χ4v) is 4.04. The van der Waals surface area contributed by atoms with Gasteiger partial charge in [0.05, 0.1) is 28.3 Å². The highest BCUT2D eigenvalue weighted by Crippen LogP contribution is 2.30. The monoisotopic (exact) mass is 438 g/mol. The van der Waals surface area contributed by atoms with E-state index in [0.717, 1.165) is 22.6 Å². The summed E-state index contributed by atoms with van der Waals surface area (Å²) in [5.74, 6) is 1.41. The molecule has 2 aromatic heterocycles. The minimum atomic E-state index is -0.172. The van der Waals surface area contributed by atoms with Gasteiger partial charge in [-0.05, 0) is 49.7 Å². The van der Waals surface area contributed by atoms with Crippen LogP contribution in [0.4, 0.5) is 5.69 Å². The number of nitrogens with zero attached hydrogens (tertiary/aromatic N) is 3. The number of thioether (sulfide) groups is 1. The molecule has 0 atom stereocenters. The summed E-state index contributed by atoms with van der Waals surface area (Å²) in [4.78, 5) is 12.5. The zero-order chi connectivity index (χ0) is 21.1. The smallest absolute Gasteiger partial charge is 0.234 e. The number of para-hydroxylation sites is 1. The van der Waals surface area contributed by atoms with Gasteiger partial charge in [0.2, 0.25) is 5.91 Å². The molecule has 0 radical (unpaired) electrons. The van der Waals surface area contributed by atoms with Crippen molar-refractivity contribution in [2.45, 2.75) is 19.0 Å². The third kappa shape index (κ3) is 4.27. The first kappa shape index (κ1) is 20.3. The molecule has 152 valence electrons. The van der Waals surface area contributed by atoms with Crippen LogP contribution in [0.3, 0.4) is 0 Å². The molecule has 0 unspecified atom stereocenters. The second-order valence-electron chi connectivity index (χ2n) is 6.69. The maximum Gasteiger partial charge on any atom is 0.234 e. The predicted octanol–water partition coefficient (Wildman–Crippen LogP) is 5.53. The van der Waals surface area contributed by atoms with Crippen molar-refractivity contribution in [1.29, 1.82) is 0 Å². The summed E-state index contributed by atoms with van der Waals surface area (Å²) in [5.41, 5.74) is 3.38. The zero-order valence-corrected chi connectivity index (χ0v) is 18.0. The molecule has 0 fully saturated rings. The van der Waals surface area contributed by atoms with Crippen molar-refractivity contribution < 1.29 is 9.21 Å². The van der Waals surface area contributed by atoms with E-state index in [1.807, 2.05) is 66.9 Å². The van der Waals surface area contributed by atoms with E-state index in [1.54, 1.807) is 12.3 Å². The molecule has 1 amide bonds. The number of nitrogens with one attached hydrogen (secondary N) is 1. The van der Waals surface area contributed by atoms with Gasteiger partial charge in [-0.3, -0.25) is 9.36 Å². The number of rotatable bonds is 6. The van der Waals surface area contributed by atoms with Gasteiger partial charge in [0.1, 0.15) is 5.76 Å². The van der Waals surface area contributed by atoms with Crippen molar-refractivity contribution in [3.63, 3.8) is 0 Å². The minimum Gasteiger partial charge on any atom is -0.469 e. The number of amides is 1. The molecule has 6 nitrogen and oxygen atoms in total. The molecule has 2 heterocycles. The molecule has 0 spiro atoms. The minimum absolute atomic E-state index is 0.166. The largest absolute Gasteiger partial charge is 0.469 e. The molecular weight excluding hydrogens is 420 g/mol. The standard InChI is InChI=1S/C22H19ClN4O2S/c1-14-8-9-19(18(23)12-14)24-20(28)13-30-22-26-25-21(17-10-11-29-15(17)2)27(22)16-6-4-3-5-7-16/h3-12H,13H2,1-2H3,(H,24,28). The fraction of sp³-hybridized carbons (Fsp3) is 0.136. The third-order valence-electron chi connectivity index (χ3n) is 4.48. The van der Waals surface area contributed by atoms with Crippen LogP contribution in [-0.4, -0.2) is 26.4 Å².